The second-order valence-corrected chi connectivity index (χ2v) is 4.80. The Morgan fingerprint density at radius 3 is 3.00 bits per heavy atom. The topological polar surface area (TPSA) is 57.5 Å². The molecule has 0 saturated carbocycles. The first kappa shape index (κ1) is 12.1. The van der Waals surface area contributed by atoms with Crippen molar-refractivity contribution in [3.05, 3.63) is 18.2 Å². The normalized spacial score (nSPS) is 21.2. The highest BCUT2D eigenvalue weighted by atomic mass is 16.6. The number of fused-ring (bicyclic) bond motifs is 1. The van der Waals surface area contributed by atoms with Gasteiger partial charge in [-0.1, -0.05) is 0 Å². The lowest BCUT2D eigenvalue weighted by Gasteiger charge is -2.23. The minimum atomic E-state index is 0.396. The summed E-state index contributed by atoms with van der Waals surface area (Å²) in [6, 6.07) is 8.60. The monoisotopic (exact) mass is 259 g/mol. The molecule has 3 rings (SSSR count). The predicted octanol–water partition coefficient (Wildman–Crippen LogP) is 1.15. The van der Waals surface area contributed by atoms with Crippen molar-refractivity contribution in [1.29, 1.82) is 5.26 Å². The summed E-state index contributed by atoms with van der Waals surface area (Å²) in [5, 5.41) is 11.8. The molecule has 5 nitrogen and oxygen atoms in total. The molecule has 0 bridgehead atoms. The molecule has 1 aromatic carbocycles. The highest BCUT2D eigenvalue weighted by Gasteiger charge is 2.23. The van der Waals surface area contributed by atoms with Crippen LogP contribution in [0.15, 0.2) is 18.2 Å². The first-order valence-corrected chi connectivity index (χ1v) is 6.62. The van der Waals surface area contributed by atoms with Gasteiger partial charge in [-0.2, -0.15) is 5.26 Å². The van der Waals surface area contributed by atoms with Gasteiger partial charge in [-0.25, -0.2) is 0 Å². The maximum absolute atomic E-state index is 8.59. The van der Waals surface area contributed by atoms with E-state index in [0.29, 0.717) is 25.8 Å². The van der Waals surface area contributed by atoms with Crippen LogP contribution in [0.3, 0.4) is 0 Å². The summed E-state index contributed by atoms with van der Waals surface area (Å²) in [5.74, 6) is 1.66. The number of nitrogens with one attached hydrogen (secondary N) is 1. The second-order valence-electron chi connectivity index (χ2n) is 4.80. The van der Waals surface area contributed by atoms with Gasteiger partial charge in [0.25, 0.3) is 0 Å². The number of rotatable bonds is 3. The van der Waals surface area contributed by atoms with E-state index in [2.05, 4.69) is 22.4 Å². The van der Waals surface area contributed by atoms with Crippen LogP contribution in [0, 0.1) is 11.3 Å². The molecule has 5 heteroatoms. The third kappa shape index (κ3) is 2.59. The maximum atomic E-state index is 8.59. The van der Waals surface area contributed by atoms with Crippen LogP contribution in [0.4, 0.5) is 5.69 Å². The van der Waals surface area contributed by atoms with Gasteiger partial charge in [-0.3, -0.25) is 5.32 Å². The standard InChI is InChI=1S/C14H17N3O2/c15-4-5-16-11-3-6-17(10-11)12-1-2-13-14(9-12)19-8-7-18-13/h1-2,9,11,16H,3,5-8,10H2. The number of hydrogen-bond donors (Lipinski definition) is 1. The summed E-state index contributed by atoms with van der Waals surface area (Å²) in [7, 11) is 0. The number of hydrogen-bond acceptors (Lipinski definition) is 5. The number of nitrogens with zero attached hydrogens (tertiary/aromatic N) is 2. The van der Waals surface area contributed by atoms with Crippen LogP contribution in [0.2, 0.25) is 0 Å². The molecular formula is C14H17N3O2. The van der Waals surface area contributed by atoms with Crippen molar-refractivity contribution in [3.63, 3.8) is 0 Å². The Labute approximate surface area is 112 Å². The lowest BCUT2D eigenvalue weighted by atomic mass is 10.2. The van der Waals surface area contributed by atoms with E-state index in [1.54, 1.807) is 0 Å². The Bertz CT molecular complexity index is 498. The summed E-state index contributed by atoms with van der Waals surface area (Å²) < 4.78 is 11.1. The van der Waals surface area contributed by atoms with Gasteiger partial charge in [0.2, 0.25) is 0 Å². The minimum Gasteiger partial charge on any atom is -0.486 e. The molecule has 1 saturated heterocycles. The second kappa shape index (κ2) is 5.37. The van der Waals surface area contributed by atoms with Crippen molar-refractivity contribution in [3.8, 4) is 17.6 Å². The van der Waals surface area contributed by atoms with Crippen LogP contribution >= 0.6 is 0 Å². The number of nitriles is 1. The molecule has 19 heavy (non-hydrogen) atoms. The fraction of sp³-hybridized carbons (Fsp3) is 0.500. The zero-order valence-electron chi connectivity index (χ0n) is 10.8. The number of ether oxygens (including phenoxy) is 2. The zero-order chi connectivity index (χ0) is 13.1. The summed E-state index contributed by atoms with van der Waals surface area (Å²) >= 11 is 0. The van der Waals surface area contributed by atoms with Crippen molar-refractivity contribution in [2.75, 3.05) is 37.7 Å². The fourth-order valence-corrected chi connectivity index (χ4v) is 2.58. The van der Waals surface area contributed by atoms with E-state index < -0.39 is 0 Å². The molecule has 1 aromatic rings. The van der Waals surface area contributed by atoms with Crippen molar-refractivity contribution >= 4 is 5.69 Å². The molecule has 2 aliphatic rings. The van der Waals surface area contributed by atoms with E-state index in [0.717, 1.165) is 36.7 Å². The Hall–Kier alpha value is -1.93. The SMILES string of the molecule is N#CCNC1CCN(c2ccc3c(c2)OCCO3)C1. The molecule has 2 heterocycles. The first-order valence-electron chi connectivity index (χ1n) is 6.62. The highest BCUT2D eigenvalue weighted by Crippen LogP contribution is 2.34. The molecule has 1 unspecified atom stereocenters. The van der Waals surface area contributed by atoms with Crippen LogP contribution in [0.1, 0.15) is 6.42 Å². The van der Waals surface area contributed by atoms with E-state index in [4.69, 9.17) is 14.7 Å². The van der Waals surface area contributed by atoms with Crippen LogP contribution in [-0.2, 0) is 0 Å². The van der Waals surface area contributed by atoms with Gasteiger partial charge in [0.05, 0.1) is 12.6 Å². The van der Waals surface area contributed by atoms with Gasteiger partial charge in [-0.15, -0.1) is 0 Å². The molecule has 0 aromatic heterocycles. The van der Waals surface area contributed by atoms with Gasteiger partial charge in [-0.05, 0) is 18.6 Å². The molecule has 0 aliphatic carbocycles. The third-order valence-electron chi connectivity index (χ3n) is 3.55. The highest BCUT2D eigenvalue weighted by molar-refractivity contribution is 5.57. The van der Waals surface area contributed by atoms with Crippen molar-refractivity contribution < 1.29 is 9.47 Å². The van der Waals surface area contributed by atoms with E-state index >= 15 is 0 Å². The molecular weight excluding hydrogens is 242 g/mol. The van der Waals surface area contributed by atoms with Crippen LogP contribution in [-0.4, -0.2) is 38.9 Å². The van der Waals surface area contributed by atoms with Gasteiger partial charge in [0.15, 0.2) is 11.5 Å². The lowest BCUT2D eigenvalue weighted by molar-refractivity contribution is 0.171. The Balaban J connectivity index is 1.68. The Kier molecular flexibility index (Phi) is 3.43. The molecule has 1 atom stereocenters. The Morgan fingerprint density at radius 2 is 2.16 bits per heavy atom. The largest absolute Gasteiger partial charge is 0.486 e. The van der Waals surface area contributed by atoms with Crippen molar-refractivity contribution in [1.82, 2.24) is 5.32 Å². The van der Waals surface area contributed by atoms with Crippen LogP contribution < -0.4 is 19.7 Å². The average Bonchev–Trinajstić information content (AvgIpc) is 2.93. The Morgan fingerprint density at radius 1 is 1.32 bits per heavy atom. The first-order chi connectivity index (χ1) is 9.36. The molecule has 2 aliphatic heterocycles. The number of benzene rings is 1. The van der Waals surface area contributed by atoms with Crippen LogP contribution in [0.5, 0.6) is 11.5 Å². The fourth-order valence-electron chi connectivity index (χ4n) is 2.58. The van der Waals surface area contributed by atoms with Crippen LogP contribution in [0.25, 0.3) is 0 Å². The average molecular weight is 259 g/mol. The van der Waals surface area contributed by atoms with Gasteiger partial charge >= 0.3 is 0 Å². The van der Waals surface area contributed by atoms with Gasteiger partial charge < -0.3 is 14.4 Å². The van der Waals surface area contributed by atoms with E-state index in [9.17, 15) is 0 Å². The van der Waals surface area contributed by atoms with Gasteiger partial charge in [0.1, 0.15) is 13.2 Å². The van der Waals surface area contributed by atoms with E-state index in [1.165, 1.54) is 0 Å². The third-order valence-corrected chi connectivity index (χ3v) is 3.55. The summed E-state index contributed by atoms with van der Waals surface area (Å²) in [5.41, 5.74) is 1.16. The van der Waals surface area contributed by atoms with Crippen molar-refractivity contribution in [2.45, 2.75) is 12.5 Å². The zero-order valence-corrected chi connectivity index (χ0v) is 10.8. The molecule has 0 amide bonds. The van der Waals surface area contributed by atoms with E-state index in [-0.39, 0.29) is 0 Å². The van der Waals surface area contributed by atoms with E-state index in [1.807, 2.05) is 12.1 Å². The van der Waals surface area contributed by atoms with Gasteiger partial charge in [0, 0.05) is 30.9 Å². The minimum absolute atomic E-state index is 0.396. The number of anilines is 1. The molecule has 0 radical (unpaired) electrons. The molecule has 0 spiro atoms. The quantitative estimate of drug-likeness (QED) is 0.825. The summed E-state index contributed by atoms with van der Waals surface area (Å²) in [4.78, 5) is 2.31. The summed E-state index contributed by atoms with van der Waals surface area (Å²) in [6.07, 6.45) is 1.07. The lowest BCUT2D eigenvalue weighted by Crippen LogP contribution is -2.32. The summed E-state index contributed by atoms with van der Waals surface area (Å²) in [6.45, 7) is 3.59. The van der Waals surface area contributed by atoms with Crippen molar-refractivity contribution in [2.24, 2.45) is 0 Å². The smallest absolute Gasteiger partial charge is 0.163 e. The molecule has 1 N–H and O–H groups in total. The molecule has 1 fully saturated rings. The maximum Gasteiger partial charge on any atom is 0.163 e. The molecule has 100 valence electrons. The predicted molar refractivity (Wildman–Crippen MR) is 71.7 cm³/mol.